The van der Waals surface area contributed by atoms with Gasteiger partial charge in [-0.2, -0.15) is 8.78 Å². The number of nitrogens with zero attached hydrogens (tertiary/aromatic N) is 2. The number of amides is 2. The molecule has 2 aromatic rings. The van der Waals surface area contributed by atoms with Gasteiger partial charge in [0.1, 0.15) is 0 Å². The van der Waals surface area contributed by atoms with E-state index in [1.54, 1.807) is 11.8 Å². The van der Waals surface area contributed by atoms with E-state index in [4.69, 9.17) is 14.9 Å². The van der Waals surface area contributed by atoms with Crippen LogP contribution in [0.5, 0.6) is 11.5 Å². The second-order valence-electron chi connectivity index (χ2n) is 9.83. The van der Waals surface area contributed by atoms with Crippen LogP contribution in [0.4, 0.5) is 8.78 Å². The predicted octanol–water partition coefficient (Wildman–Crippen LogP) is 3.49. The number of carbonyl (C=O) groups excluding carboxylic acids is 2. The molecule has 2 saturated carbocycles. The fraction of sp³-hybridized carbons (Fsp3) is 0.560. The molecule has 0 radical (unpaired) electrons. The third kappa shape index (κ3) is 5.61. The number of hydrogen-bond donors (Lipinski definition) is 2. The minimum atomic E-state index is -2.99. The van der Waals surface area contributed by atoms with Crippen LogP contribution in [0.3, 0.4) is 0 Å². The zero-order valence-corrected chi connectivity index (χ0v) is 20.0. The zero-order chi connectivity index (χ0) is 25.4. The lowest BCUT2D eigenvalue weighted by Crippen LogP contribution is -2.39. The Balaban J connectivity index is 1.35. The molecule has 2 atom stereocenters. The van der Waals surface area contributed by atoms with E-state index in [-0.39, 0.29) is 52.6 Å². The Labute approximate surface area is 207 Å². The molecule has 2 heterocycles. The fourth-order valence-electron chi connectivity index (χ4n) is 4.23. The van der Waals surface area contributed by atoms with E-state index in [1.807, 2.05) is 0 Å². The first-order chi connectivity index (χ1) is 17.3. The second-order valence-corrected chi connectivity index (χ2v) is 9.83. The number of ether oxygens (including phenoxy) is 2. The number of hydrogen-bond acceptors (Lipinski definition) is 7. The number of carbonyl (C=O) groups is 2. The normalized spacial score (nSPS) is 20.5. The number of halogens is 2. The highest BCUT2D eigenvalue weighted by Crippen LogP contribution is 2.37. The van der Waals surface area contributed by atoms with E-state index in [1.165, 1.54) is 18.2 Å². The molecule has 1 aromatic carbocycles. The molecule has 5 rings (SSSR count). The van der Waals surface area contributed by atoms with E-state index in [2.05, 4.69) is 15.0 Å². The Hall–Kier alpha value is -3.21. The highest BCUT2D eigenvalue weighted by molar-refractivity contribution is 5.94. The first kappa shape index (κ1) is 24.5. The number of oxazole rings is 1. The van der Waals surface area contributed by atoms with Crippen molar-refractivity contribution in [2.24, 2.45) is 17.6 Å². The van der Waals surface area contributed by atoms with Crippen molar-refractivity contribution < 1.29 is 32.3 Å². The SMILES string of the molecule is C[C@H](N)c1oc(-c2ccc(OC(F)F)c(OCC3CC3)c2)nc1C(=O)N1CC[C@@H](NC(=O)C2CC2)C1. The molecule has 0 bridgehead atoms. The molecule has 3 aliphatic rings. The molecule has 1 saturated heterocycles. The number of benzene rings is 1. The molecular weight excluding hydrogens is 474 g/mol. The van der Waals surface area contributed by atoms with Crippen LogP contribution >= 0.6 is 0 Å². The van der Waals surface area contributed by atoms with E-state index >= 15 is 0 Å². The van der Waals surface area contributed by atoms with E-state index in [0.29, 0.717) is 37.6 Å². The standard InChI is InChI=1S/C25H30F2N4O5/c1-13(28)21-20(24(33)31-9-8-17(11-31)29-22(32)15-4-5-15)30-23(36-21)16-6-7-18(35-25(26)27)19(10-16)34-12-14-2-3-14/h6-7,10,13-15,17,25H,2-5,8-9,11-12,28H2,1H3,(H,29,32)/t13-,17+/m0/s1. The van der Waals surface area contributed by atoms with Crippen molar-refractivity contribution in [3.63, 3.8) is 0 Å². The van der Waals surface area contributed by atoms with Crippen molar-refractivity contribution >= 4 is 11.8 Å². The highest BCUT2D eigenvalue weighted by atomic mass is 19.3. The Bertz CT molecular complexity index is 1130. The summed E-state index contributed by atoms with van der Waals surface area (Å²) >= 11 is 0. The van der Waals surface area contributed by atoms with Crippen molar-refractivity contribution in [1.82, 2.24) is 15.2 Å². The summed E-state index contributed by atoms with van der Waals surface area (Å²) in [6.45, 7) is -0.0392. The number of nitrogens with one attached hydrogen (secondary N) is 1. The number of aromatic nitrogens is 1. The monoisotopic (exact) mass is 504 g/mol. The van der Waals surface area contributed by atoms with Crippen LogP contribution in [-0.2, 0) is 4.79 Å². The quantitative estimate of drug-likeness (QED) is 0.508. The lowest BCUT2D eigenvalue weighted by atomic mass is 10.2. The average molecular weight is 505 g/mol. The lowest BCUT2D eigenvalue weighted by molar-refractivity contribution is -0.122. The summed E-state index contributed by atoms with van der Waals surface area (Å²) in [5, 5.41) is 3.01. The van der Waals surface area contributed by atoms with Crippen LogP contribution in [0.2, 0.25) is 0 Å². The summed E-state index contributed by atoms with van der Waals surface area (Å²) in [6, 6.07) is 3.70. The van der Waals surface area contributed by atoms with E-state index < -0.39 is 12.7 Å². The molecule has 2 aliphatic carbocycles. The number of nitrogens with two attached hydrogens (primary N) is 1. The average Bonchev–Trinajstić information content (AvgIpc) is 3.76. The Morgan fingerprint density at radius 3 is 2.67 bits per heavy atom. The highest BCUT2D eigenvalue weighted by Gasteiger charge is 2.36. The largest absolute Gasteiger partial charge is 0.489 e. The third-order valence-electron chi connectivity index (χ3n) is 6.62. The van der Waals surface area contributed by atoms with Crippen LogP contribution in [0, 0.1) is 11.8 Å². The van der Waals surface area contributed by atoms with E-state index in [0.717, 1.165) is 25.7 Å². The van der Waals surface area contributed by atoms with Gasteiger partial charge in [0.25, 0.3) is 5.91 Å². The van der Waals surface area contributed by atoms with E-state index in [9.17, 15) is 18.4 Å². The van der Waals surface area contributed by atoms with Crippen molar-refractivity contribution in [3.8, 4) is 23.0 Å². The number of rotatable bonds is 10. The second kappa shape index (κ2) is 10.0. The number of likely N-dealkylation sites (tertiary alicyclic amines) is 1. The van der Waals surface area contributed by atoms with Gasteiger partial charge in [0.2, 0.25) is 11.8 Å². The van der Waals surface area contributed by atoms with Crippen LogP contribution in [0.1, 0.15) is 61.3 Å². The Morgan fingerprint density at radius 1 is 1.22 bits per heavy atom. The molecule has 2 amide bonds. The van der Waals surface area contributed by atoms with Crippen molar-refractivity contribution in [2.75, 3.05) is 19.7 Å². The fourth-order valence-corrected chi connectivity index (χ4v) is 4.23. The Kier molecular flexibility index (Phi) is 6.83. The Morgan fingerprint density at radius 2 is 2.00 bits per heavy atom. The van der Waals surface area contributed by atoms with Crippen molar-refractivity contribution in [1.29, 1.82) is 0 Å². The summed E-state index contributed by atoms with van der Waals surface area (Å²) < 4.78 is 42.0. The maximum atomic E-state index is 13.3. The van der Waals surface area contributed by atoms with Crippen molar-refractivity contribution in [3.05, 3.63) is 29.7 Å². The van der Waals surface area contributed by atoms with Gasteiger partial charge in [0.05, 0.1) is 12.6 Å². The summed E-state index contributed by atoms with van der Waals surface area (Å²) in [4.78, 5) is 31.5. The molecule has 9 nitrogen and oxygen atoms in total. The molecule has 0 spiro atoms. The molecule has 36 heavy (non-hydrogen) atoms. The van der Waals surface area contributed by atoms with Gasteiger partial charge in [-0.25, -0.2) is 4.98 Å². The van der Waals surface area contributed by atoms with Gasteiger partial charge in [0, 0.05) is 30.6 Å². The molecule has 11 heteroatoms. The van der Waals surface area contributed by atoms with Gasteiger partial charge in [-0.05, 0) is 63.1 Å². The minimum Gasteiger partial charge on any atom is -0.489 e. The van der Waals surface area contributed by atoms with Gasteiger partial charge >= 0.3 is 6.61 Å². The molecule has 1 aliphatic heterocycles. The summed E-state index contributed by atoms with van der Waals surface area (Å²) in [5.74, 6) is 0.659. The molecule has 0 unspecified atom stereocenters. The van der Waals surface area contributed by atoms with Crippen LogP contribution in [-0.4, -0.2) is 54.0 Å². The third-order valence-corrected chi connectivity index (χ3v) is 6.62. The first-order valence-corrected chi connectivity index (χ1v) is 12.4. The maximum absolute atomic E-state index is 13.3. The minimum absolute atomic E-state index is 0.0493. The topological polar surface area (TPSA) is 120 Å². The van der Waals surface area contributed by atoms with Gasteiger partial charge in [0.15, 0.2) is 23.0 Å². The summed E-state index contributed by atoms with van der Waals surface area (Å²) in [5.41, 5.74) is 6.63. The van der Waals surface area contributed by atoms with Gasteiger partial charge in [-0.1, -0.05) is 0 Å². The van der Waals surface area contributed by atoms with Crippen LogP contribution < -0.4 is 20.5 Å². The molecule has 194 valence electrons. The maximum Gasteiger partial charge on any atom is 0.387 e. The first-order valence-electron chi connectivity index (χ1n) is 12.4. The molecule has 1 aromatic heterocycles. The molecule has 3 fully saturated rings. The summed E-state index contributed by atoms with van der Waals surface area (Å²) in [7, 11) is 0. The number of alkyl halides is 2. The zero-order valence-electron chi connectivity index (χ0n) is 20.0. The summed E-state index contributed by atoms with van der Waals surface area (Å²) in [6.07, 6.45) is 4.58. The van der Waals surface area contributed by atoms with Gasteiger partial charge in [-0.3, -0.25) is 9.59 Å². The van der Waals surface area contributed by atoms with Crippen LogP contribution in [0.15, 0.2) is 22.6 Å². The van der Waals surface area contributed by atoms with Gasteiger partial charge < -0.3 is 29.8 Å². The predicted molar refractivity (Wildman–Crippen MR) is 125 cm³/mol. The molecular formula is C25H30F2N4O5. The van der Waals surface area contributed by atoms with Gasteiger partial charge in [-0.15, -0.1) is 0 Å². The molecule has 3 N–H and O–H groups in total. The lowest BCUT2D eigenvalue weighted by Gasteiger charge is -2.17. The smallest absolute Gasteiger partial charge is 0.387 e. The van der Waals surface area contributed by atoms with Crippen molar-refractivity contribution in [2.45, 2.75) is 57.7 Å². The van der Waals surface area contributed by atoms with Crippen LogP contribution in [0.25, 0.3) is 11.5 Å².